The van der Waals surface area contributed by atoms with Crippen LogP contribution in [0.25, 0.3) is 11.0 Å². The molecule has 0 radical (unpaired) electrons. The van der Waals surface area contributed by atoms with Crippen LogP contribution in [0.5, 0.6) is 5.75 Å². The molecule has 190 valence electrons. The van der Waals surface area contributed by atoms with Gasteiger partial charge in [0.1, 0.15) is 17.0 Å². The molecule has 4 rings (SSSR count). The summed E-state index contributed by atoms with van der Waals surface area (Å²) in [5.41, 5.74) is 5.94. The van der Waals surface area contributed by atoms with Crippen LogP contribution in [0.15, 0.2) is 29.3 Å². The Morgan fingerprint density at radius 2 is 2.03 bits per heavy atom. The van der Waals surface area contributed by atoms with Gasteiger partial charge in [-0.25, -0.2) is 9.97 Å². The predicted molar refractivity (Wildman–Crippen MR) is 137 cm³/mol. The number of primary amides is 1. The fourth-order valence-corrected chi connectivity index (χ4v) is 4.22. The molecule has 4 heterocycles. The number of carbonyl (C=O) groups is 2. The van der Waals surface area contributed by atoms with Crippen molar-refractivity contribution in [2.24, 2.45) is 11.7 Å². The zero-order valence-electron chi connectivity index (χ0n) is 20.1. The molecule has 1 fully saturated rings. The summed E-state index contributed by atoms with van der Waals surface area (Å²) in [4.78, 5) is 50.5. The Labute approximate surface area is 212 Å². The van der Waals surface area contributed by atoms with E-state index in [-0.39, 0.29) is 36.3 Å². The Balaban J connectivity index is 1.63. The average molecular weight is 514 g/mol. The van der Waals surface area contributed by atoms with Crippen LogP contribution in [0.1, 0.15) is 39.2 Å². The first-order valence-electron chi connectivity index (χ1n) is 11.7. The standard InChI is InChI=1S/C24H28ClN7O4/c1-14(2)32-22-16(10-19(23(32)35)36-8-5-20(26)34)9-17(11-27-22)29-21-18(25)12-28-24(30-21)31-6-3-15(13-33)4-7-31/h9-15H,3-8H2,1-2H3,(H2,26,34)(H,28,29,30). The third-order valence-electron chi connectivity index (χ3n) is 5.97. The quantitative estimate of drug-likeness (QED) is 0.412. The smallest absolute Gasteiger partial charge is 0.294 e. The van der Waals surface area contributed by atoms with Gasteiger partial charge in [-0.15, -0.1) is 0 Å². The van der Waals surface area contributed by atoms with E-state index in [1.54, 1.807) is 12.3 Å². The lowest BCUT2D eigenvalue weighted by molar-refractivity contribution is -0.118. The highest BCUT2D eigenvalue weighted by Gasteiger charge is 2.21. The van der Waals surface area contributed by atoms with E-state index in [2.05, 4.69) is 20.3 Å². The molecule has 12 heteroatoms. The number of hydrogen-bond donors (Lipinski definition) is 2. The first-order chi connectivity index (χ1) is 17.3. The van der Waals surface area contributed by atoms with Crippen LogP contribution in [0.3, 0.4) is 0 Å². The summed E-state index contributed by atoms with van der Waals surface area (Å²) in [6.45, 7) is 5.13. The minimum atomic E-state index is -0.512. The number of anilines is 3. The number of rotatable bonds is 9. The van der Waals surface area contributed by atoms with Crippen molar-refractivity contribution in [2.45, 2.75) is 39.2 Å². The Bertz CT molecular complexity index is 1340. The van der Waals surface area contributed by atoms with Crippen molar-refractivity contribution in [3.05, 3.63) is 39.9 Å². The van der Waals surface area contributed by atoms with E-state index < -0.39 is 5.91 Å². The highest BCUT2D eigenvalue weighted by atomic mass is 35.5. The van der Waals surface area contributed by atoms with E-state index in [1.165, 1.54) is 10.8 Å². The lowest BCUT2D eigenvalue weighted by Gasteiger charge is -2.29. The summed E-state index contributed by atoms with van der Waals surface area (Å²) in [5, 5.41) is 4.18. The number of carbonyl (C=O) groups excluding carboxylic acids is 2. The topological polar surface area (TPSA) is 145 Å². The number of nitrogens with zero attached hydrogens (tertiary/aromatic N) is 5. The molecule has 0 saturated carbocycles. The molecule has 36 heavy (non-hydrogen) atoms. The number of piperidine rings is 1. The maximum absolute atomic E-state index is 13.0. The molecule has 1 aliphatic rings. The molecule has 3 aromatic heterocycles. The number of nitrogens with one attached hydrogen (secondary N) is 1. The molecule has 0 aliphatic carbocycles. The van der Waals surface area contributed by atoms with Crippen molar-refractivity contribution >= 4 is 52.3 Å². The van der Waals surface area contributed by atoms with Crippen LogP contribution in [0.2, 0.25) is 5.02 Å². The lowest BCUT2D eigenvalue weighted by atomic mass is 9.99. The first kappa shape index (κ1) is 25.4. The van der Waals surface area contributed by atoms with Crippen LogP contribution in [0.4, 0.5) is 17.5 Å². The Hall–Kier alpha value is -3.73. The van der Waals surface area contributed by atoms with E-state index in [9.17, 15) is 14.4 Å². The second-order valence-corrected chi connectivity index (χ2v) is 9.34. The summed E-state index contributed by atoms with van der Waals surface area (Å²) in [5.74, 6) is 0.608. The van der Waals surface area contributed by atoms with E-state index in [4.69, 9.17) is 22.1 Å². The fraction of sp³-hybridized carbons (Fsp3) is 0.417. The van der Waals surface area contributed by atoms with Gasteiger partial charge in [0, 0.05) is 30.4 Å². The van der Waals surface area contributed by atoms with E-state index >= 15 is 0 Å². The SMILES string of the molecule is CC(C)n1c(=O)c(OCCC(N)=O)cc2cc(Nc3nc(N4CCC(C=O)CC4)ncc3Cl)cnc21. The molecular weight excluding hydrogens is 486 g/mol. The number of nitrogens with two attached hydrogens (primary N) is 1. The Morgan fingerprint density at radius 1 is 1.28 bits per heavy atom. The van der Waals surface area contributed by atoms with Crippen LogP contribution in [-0.4, -0.2) is 51.4 Å². The molecule has 0 spiro atoms. The predicted octanol–water partition coefficient (Wildman–Crippen LogP) is 2.83. The maximum atomic E-state index is 13.0. The van der Waals surface area contributed by atoms with Gasteiger partial charge in [0.2, 0.25) is 11.9 Å². The second kappa shape index (κ2) is 10.9. The van der Waals surface area contributed by atoms with Gasteiger partial charge >= 0.3 is 0 Å². The van der Waals surface area contributed by atoms with Crippen molar-refractivity contribution in [1.29, 1.82) is 0 Å². The Kier molecular flexibility index (Phi) is 7.68. The number of hydrogen-bond acceptors (Lipinski definition) is 9. The number of halogens is 1. The van der Waals surface area contributed by atoms with E-state index in [0.717, 1.165) is 19.1 Å². The highest BCUT2D eigenvalue weighted by Crippen LogP contribution is 2.28. The van der Waals surface area contributed by atoms with Crippen molar-refractivity contribution in [3.8, 4) is 5.75 Å². The zero-order valence-corrected chi connectivity index (χ0v) is 20.9. The van der Waals surface area contributed by atoms with Gasteiger partial charge in [0.05, 0.1) is 31.1 Å². The molecule has 3 N–H and O–H groups in total. The van der Waals surface area contributed by atoms with Crippen molar-refractivity contribution in [3.63, 3.8) is 0 Å². The number of amides is 1. The molecule has 0 aromatic carbocycles. The molecule has 1 amide bonds. The minimum absolute atomic E-state index is 0.000362. The van der Waals surface area contributed by atoms with Crippen LogP contribution < -0.4 is 26.2 Å². The number of fused-ring (bicyclic) bond motifs is 1. The van der Waals surface area contributed by atoms with Crippen LogP contribution >= 0.6 is 11.6 Å². The first-order valence-corrected chi connectivity index (χ1v) is 12.1. The molecule has 11 nitrogen and oxygen atoms in total. The number of aldehydes is 1. The van der Waals surface area contributed by atoms with Gasteiger partial charge in [0.15, 0.2) is 11.6 Å². The molecule has 1 aliphatic heterocycles. The molecule has 0 atom stereocenters. The minimum Gasteiger partial charge on any atom is -0.487 e. The second-order valence-electron chi connectivity index (χ2n) is 8.93. The van der Waals surface area contributed by atoms with Crippen molar-refractivity contribution in [1.82, 2.24) is 19.5 Å². The lowest BCUT2D eigenvalue weighted by Crippen LogP contribution is -2.35. The maximum Gasteiger partial charge on any atom is 0.294 e. The average Bonchev–Trinajstić information content (AvgIpc) is 2.85. The molecule has 3 aromatic rings. The van der Waals surface area contributed by atoms with Gasteiger partial charge in [-0.3, -0.25) is 14.2 Å². The summed E-state index contributed by atoms with van der Waals surface area (Å²) < 4.78 is 7.11. The Morgan fingerprint density at radius 3 is 2.69 bits per heavy atom. The van der Waals surface area contributed by atoms with Crippen molar-refractivity contribution < 1.29 is 14.3 Å². The summed E-state index contributed by atoms with van der Waals surface area (Å²) in [6.07, 6.45) is 5.66. The third-order valence-corrected chi connectivity index (χ3v) is 6.25. The zero-order chi connectivity index (χ0) is 25.8. The number of aromatic nitrogens is 4. The van der Waals surface area contributed by atoms with E-state index in [0.29, 0.717) is 46.6 Å². The van der Waals surface area contributed by atoms with E-state index in [1.807, 2.05) is 24.8 Å². The monoisotopic (exact) mass is 513 g/mol. The van der Waals surface area contributed by atoms with Gasteiger partial charge in [0.25, 0.3) is 5.56 Å². The van der Waals surface area contributed by atoms with Crippen LogP contribution in [0, 0.1) is 5.92 Å². The molecular formula is C24H28ClN7O4. The number of pyridine rings is 2. The van der Waals surface area contributed by atoms with Gasteiger partial charge in [-0.05, 0) is 38.8 Å². The largest absolute Gasteiger partial charge is 0.487 e. The van der Waals surface area contributed by atoms with Crippen LogP contribution in [-0.2, 0) is 9.59 Å². The third kappa shape index (κ3) is 5.56. The normalized spacial score (nSPS) is 14.3. The van der Waals surface area contributed by atoms with Crippen molar-refractivity contribution in [2.75, 3.05) is 29.9 Å². The molecule has 0 bridgehead atoms. The van der Waals surface area contributed by atoms with Gasteiger partial charge in [-0.2, -0.15) is 4.98 Å². The summed E-state index contributed by atoms with van der Waals surface area (Å²) in [6, 6.07) is 3.24. The highest BCUT2D eigenvalue weighted by molar-refractivity contribution is 6.32. The molecule has 0 unspecified atom stereocenters. The van der Waals surface area contributed by atoms with Gasteiger partial charge in [-0.1, -0.05) is 11.6 Å². The fourth-order valence-electron chi connectivity index (χ4n) is 4.08. The number of ether oxygens (including phenoxy) is 1. The molecule has 1 saturated heterocycles. The van der Waals surface area contributed by atoms with Gasteiger partial charge < -0.3 is 25.5 Å². The summed E-state index contributed by atoms with van der Waals surface area (Å²) >= 11 is 6.37. The summed E-state index contributed by atoms with van der Waals surface area (Å²) in [7, 11) is 0.